The number of aryl methyl sites for hydroxylation is 1. The molecule has 0 saturated carbocycles. The molecule has 0 aliphatic heterocycles. The molecule has 6 nitrogen and oxygen atoms in total. The Morgan fingerprint density at radius 3 is 2.33 bits per heavy atom. The van der Waals surface area contributed by atoms with E-state index in [9.17, 15) is 8.42 Å². The molecule has 0 amide bonds. The summed E-state index contributed by atoms with van der Waals surface area (Å²) < 4.78 is 35.1. The van der Waals surface area contributed by atoms with Gasteiger partial charge in [0.25, 0.3) is 5.89 Å². The lowest BCUT2D eigenvalue weighted by Gasteiger charge is -2.01. The minimum absolute atomic E-state index is 0.126. The normalized spacial score (nSPS) is 11.4. The van der Waals surface area contributed by atoms with Crippen LogP contribution >= 0.6 is 0 Å². The number of rotatable bonds is 5. The summed E-state index contributed by atoms with van der Waals surface area (Å²) in [5.74, 6) is 0.795. The second kappa shape index (κ2) is 6.45. The molecule has 24 heavy (non-hydrogen) atoms. The summed E-state index contributed by atoms with van der Waals surface area (Å²) in [4.78, 5) is 4.41. The van der Waals surface area contributed by atoms with Crippen LogP contribution in [0.15, 0.2) is 57.9 Å². The highest BCUT2D eigenvalue weighted by atomic mass is 32.2. The van der Waals surface area contributed by atoms with E-state index in [2.05, 4.69) is 10.1 Å². The lowest BCUT2D eigenvalue weighted by molar-refractivity contribution is 0.414. The fraction of sp³-hybridized carbons (Fsp3) is 0.176. The van der Waals surface area contributed by atoms with Gasteiger partial charge in [-0.1, -0.05) is 22.9 Å². The van der Waals surface area contributed by atoms with Gasteiger partial charge in [0.1, 0.15) is 11.5 Å². The first kappa shape index (κ1) is 16.2. The summed E-state index contributed by atoms with van der Waals surface area (Å²) in [6.45, 7) is 1.90. The maximum atomic E-state index is 12.4. The Balaban J connectivity index is 1.81. The zero-order valence-electron chi connectivity index (χ0n) is 13.3. The summed E-state index contributed by atoms with van der Waals surface area (Å²) in [5.41, 5.74) is 1.69. The molecule has 2 aromatic carbocycles. The van der Waals surface area contributed by atoms with Crippen molar-refractivity contribution in [3.05, 3.63) is 59.9 Å². The van der Waals surface area contributed by atoms with Crippen molar-refractivity contribution >= 4 is 9.84 Å². The monoisotopic (exact) mass is 344 g/mol. The van der Waals surface area contributed by atoms with Crippen LogP contribution in [-0.2, 0) is 15.6 Å². The van der Waals surface area contributed by atoms with Gasteiger partial charge in [0.15, 0.2) is 15.7 Å². The number of benzene rings is 2. The van der Waals surface area contributed by atoms with E-state index in [0.29, 0.717) is 11.3 Å². The van der Waals surface area contributed by atoms with Crippen LogP contribution in [0.25, 0.3) is 11.5 Å². The SMILES string of the molecule is COc1ccc(-c2nc(CS(=O)(=O)c3ccc(C)cc3)no2)cc1. The highest BCUT2D eigenvalue weighted by Crippen LogP contribution is 2.22. The quantitative estimate of drug-likeness (QED) is 0.707. The molecule has 1 aromatic heterocycles. The maximum absolute atomic E-state index is 12.4. The van der Waals surface area contributed by atoms with Crippen LogP contribution in [0.1, 0.15) is 11.4 Å². The fourth-order valence-electron chi connectivity index (χ4n) is 2.16. The number of methoxy groups -OCH3 is 1. The lowest BCUT2D eigenvalue weighted by Crippen LogP contribution is -2.06. The zero-order chi connectivity index (χ0) is 17.2. The summed E-state index contributed by atoms with van der Waals surface area (Å²) in [6, 6.07) is 13.7. The predicted octanol–water partition coefficient (Wildman–Crippen LogP) is 3.03. The Morgan fingerprint density at radius 1 is 1.04 bits per heavy atom. The molecule has 3 aromatic rings. The Bertz CT molecular complexity index is 929. The average molecular weight is 344 g/mol. The van der Waals surface area contributed by atoms with Gasteiger partial charge in [-0.3, -0.25) is 0 Å². The number of hydrogen-bond acceptors (Lipinski definition) is 6. The van der Waals surface area contributed by atoms with Crippen LogP contribution in [-0.4, -0.2) is 25.7 Å². The van der Waals surface area contributed by atoms with Gasteiger partial charge in [-0.15, -0.1) is 0 Å². The molecular formula is C17H16N2O4S. The van der Waals surface area contributed by atoms with E-state index in [1.165, 1.54) is 0 Å². The summed E-state index contributed by atoms with van der Waals surface area (Å²) in [5, 5.41) is 3.77. The van der Waals surface area contributed by atoms with Crippen LogP contribution in [0.4, 0.5) is 0 Å². The van der Waals surface area contributed by atoms with Crippen molar-refractivity contribution in [2.75, 3.05) is 7.11 Å². The summed E-state index contributed by atoms with van der Waals surface area (Å²) in [6.07, 6.45) is 0. The Kier molecular flexibility index (Phi) is 4.35. The van der Waals surface area contributed by atoms with Gasteiger partial charge in [0.2, 0.25) is 0 Å². The van der Waals surface area contributed by atoms with Crippen LogP contribution in [0.3, 0.4) is 0 Å². The standard InChI is InChI=1S/C17H16N2O4S/c1-12-3-9-15(10-4-12)24(20,21)11-16-18-17(23-19-16)13-5-7-14(22-2)8-6-13/h3-10H,11H2,1-2H3. The van der Waals surface area contributed by atoms with Crippen LogP contribution in [0, 0.1) is 6.92 Å². The molecule has 0 unspecified atom stereocenters. The van der Waals surface area contributed by atoms with Gasteiger partial charge in [-0.25, -0.2) is 8.42 Å². The highest BCUT2D eigenvalue weighted by Gasteiger charge is 2.19. The highest BCUT2D eigenvalue weighted by molar-refractivity contribution is 7.90. The van der Waals surface area contributed by atoms with Crippen molar-refractivity contribution in [2.24, 2.45) is 0 Å². The molecule has 0 atom stereocenters. The first-order chi connectivity index (χ1) is 11.5. The van der Waals surface area contributed by atoms with E-state index in [0.717, 1.165) is 5.56 Å². The largest absolute Gasteiger partial charge is 0.497 e. The van der Waals surface area contributed by atoms with Gasteiger partial charge in [0, 0.05) is 5.56 Å². The molecule has 0 spiro atoms. The fourth-order valence-corrected chi connectivity index (χ4v) is 3.34. The van der Waals surface area contributed by atoms with Gasteiger partial charge in [-0.2, -0.15) is 4.98 Å². The van der Waals surface area contributed by atoms with Crippen molar-refractivity contribution in [3.63, 3.8) is 0 Å². The molecule has 0 bridgehead atoms. The minimum Gasteiger partial charge on any atom is -0.497 e. The van der Waals surface area contributed by atoms with Crippen molar-refractivity contribution in [2.45, 2.75) is 17.6 Å². The molecule has 124 valence electrons. The number of nitrogens with zero attached hydrogens (tertiary/aromatic N) is 2. The van der Waals surface area contributed by atoms with Crippen LogP contribution in [0.5, 0.6) is 5.75 Å². The van der Waals surface area contributed by atoms with Gasteiger partial charge in [-0.05, 0) is 43.3 Å². The van der Waals surface area contributed by atoms with E-state index in [4.69, 9.17) is 9.26 Å². The molecule has 0 radical (unpaired) electrons. The third-order valence-corrected chi connectivity index (χ3v) is 5.13. The van der Waals surface area contributed by atoms with Gasteiger partial charge < -0.3 is 9.26 Å². The topological polar surface area (TPSA) is 82.3 Å². The van der Waals surface area contributed by atoms with Crippen molar-refractivity contribution in [1.29, 1.82) is 0 Å². The molecular weight excluding hydrogens is 328 g/mol. The molecule has 7 heteroatoms. The van der Waals surface area contributed by atoms with Crippen LogP contribution < -0.4 is 4.74 Å². The Morgan fingerprint density at radius 2 is 1.71 bits per heavy atom. The number of aromatic nitrogens is 2. The lowest BCUT2D eigenvalue weighted by atomic mass is 10.2. The van der Waals surface area contributed by atoms with E-state index < -0.39 is 9.84 Å². The molecule has 0 aliphatic carbocycles. The van der Waals surface area contributed by atoms with E-state index in [-0.39, 0.29) is 22.4 Å². The van der Waals surface area contributed by atoms with Crippen molar-refractivity contribution in [1.82, 2.24) is 10.1 Å². The van der Waals surface area contributed by atoms with Crippen molar-refractivity contribution < 1.29 is 17.7 Å². The first-order valence-corrected chi connectivity index (χ1v) is 8.89. The number of ether oxygens (including phenoxy) is 1. The summed E-state index contributed by atoms with van der Waals surface area (Å²) >= 11 is 0. The van der Waals surface area contributed by atoms with E-state index >= 15 is 0 Å². The molecule has 0 saturated heterocycles. The zero-order valence-corrected chi connectivity index (χ0v) is 14.1. The number of sulfone groups is 1. The second-order valence-corrected chi connectivity index (χ2v) is 7.31. The molecule has 1 heterocycles. The molecule has 0 N–H and O–H groups in total. The second-order valence-electron chi connectivity index (χ2n) is 5.32. The van der Waals surface area contributed by atoms with E-state index in [1.807, 2.05) is 6.92 Å². The average Bonchev–Trinajstić information content (AvgIpc) is 3.03. The Hall–Kier alpha value is -2.67. The minimum atomic E-state index is -3.51. The Labute approximate surface area is 140 Å². The first-order valence-electron chi connectivity index (χ1n) is 7.24. The third kappa shape index (κ3) is 3.46. The smallest absolute Gasteiger partial charge is 0.257 e. The third-order valence-electron chi connectivity index (χ3n) is 3.50. The van der Waals surface area contributed by atoms with E-state index in [1.54, 1.807) is 55.6 Å². The molecule has 0 fully saturated rings. The van der Waals surface area contributed by atoms with Gasteiger partial charge >= 0.3 is 0 Å². The van der Waals surface area contributed by atoms with Crippen LogP contribution in [0.2, 0.25) is 0 Å². The number of hydrogen-bond donors (Lipinski definition) is 0. The molecule has 0 aliphatic rings. The maximum Gasteiger partial charge on any atom is 0.257 e. The molecule has 3 rings (SSSR count). The predicted molar refractivity (Wildman–Crippen MR) is 88.4 cm³/mol. The summed E-state index contributed by atoms with van der Waals surface area (Å²) in [7, 11) is -1.94. The van der Waals surface area contributed by atoms with Gasteiger partial charge in [0.05, 0.1) is 12.0 Å². The van der Waals surface area contributed by atoms with Crippen molar-refractivity contribution in [3.8, 4) is 17.2 Å².